The highest BCUT2D eigenvalue weighted by Crippen LogP contribution is 2.33. The van der Waals surface area contributed by atoms with Gasteiger partial charge in [0.25, 0.3) is 0 Å². The van der Waals surface area contributed by atoms with E-state index in [9.17, 15) is 10.1 Å². The van der Waals surface area contributed by atoms with E-state index in [4.69, 9.17) is 9.47 Å². The minimum atomic E-state index is -0.546. The van der Waals surface area contributed by atoms with Gasteiger partial charge >= 0.3 is 11.6 Å². The van der Waals surface area contributed by atoms with E-state index in [0.29, 0.717) is 12.3 Å². The zero-order valence-corrected chi connectivity index (χ0v) is 14.2. The number of anilines is 1. The molecule has 3 rings (SSSR count). The van der Waals surface area contributed by atoms with Crippen molar-refractivity contribution >= 4 is 11.5 Å². The number of hydrogen-bond acceptors (Lipinski definition) is 9. The molecule has 0 atom stereocenters. The summed E-state index contributed by atoms with van der Waals surface area (Å²) in [5.74, 6) is 0.395. The molecule has 1 aliphatic heterocycles. The molecule has 0 saturated carbocycles. The minimum absolute atomic E-state index is 0.117. The first kappa shape index (κ1) is 18.0. The Morgan fingerprint density at radius 3 is 2.92 bits per heavy atom. The third kappa shape index (κ3) is 4.83. The number of pyridine rings is 1. The van der Waals surface area contributed by atoms with Crippen molar-refractivity contribution in [2.24, 2.45) is 0 Å². The fourth-order valence-corrected chi connectivity index (χ4v) is 2.58. The maximum atomic E-state index is 11.5. The van der Waals surface area contributed by atoms with Gasteiger partial charge in [-0.05, 0) is 25.1 Å². The number of ether oxygens (including phenoxy) is 2. The highest BCUT2D eigenvalue weighted by molar-refractivity contribution is 5.61. The number of nitrogens with zero attached hydrogens (tertiary/aromatic N) is 5. The van der Waals surface area contributed by atoms with Crippen molar-refractivity contribution in [3.05, 3.63) is 41.0 Å². The number of rotatable bonds is 8. The molecule has 0 unspecified atom stereocenters. The molecule has 0 aromatic carbocycles. The first-order valence-electron chi connectivity index (χ1n) is 8.35. The number of morpholine rings is 1. The Morgan fingerprint density at radius 1 is 1.35 bits per heavy atom. The number of aromatic nitrogens is 3. The normalized spacial score (nSPS) is 14.8. The summed E-state index contributed by atoms with van der Waals surface area (Å²) < 4.78 is 10.8. The molecule has 1 N–H and O–H groups in total. The van der Waals surface area contributed by atoms with Crippen LogP contribution >= 0.6 is 0 Å². The topological polar surface area (TPSA) is 116 Å². The van der Waals surface area contributed by atoms with Crippen LogP contribution in [0.3, 0.4) is 0 Å². The van der Waals surface area contributed by atoms with Crippen LogP contribution in [0.25, 0.3) is 0 Å². The molecule has 1 saturated heterocycles. The summed E-state index contributed by atoms with van der Waals surface area (Å²) in [4.78, 5) is 25.0. The van der Waals surface area contributed by atoms with Gasteiger partial charge in [0.15, 0.2) is 0 Å². The Labute approximate surface area is 150 Å². The monoisotopic (exact) mass is 360 g/mol. The fourth-order valence-electron chi connectivity index (χ4n) is 2.58. The molecular weight excluding hydrogens is 340 g/mol. The molecule has 138 valence electrons. The van der Waals surface area contributed by atoms with Crippen LogP contribution in [-0.2, 0) is 4.74 Å². The predicted octanol–water partition coefficient (Wildman–Crippen LogP) is 1.71. The van der Waals surface area contributed by atoms with Gasteiger partial charge in [-0.2, -0.15) is 4.98 Å². The number of nitrogens with one attached hydrogen (secondary N) is 1. The molecule has 3 heterocycles. The molecule has 0 bridgehead atoms. The predicted molar refractivity (Wildman–Crippen MR) is 93.4 cm³/mol. The summed E-state index contributed by atoms with van der Waals surface area (Å²) in [6.45, 7) is 4.78. The quantitative estimate of drug-likeness (QED) is 0.426. The Bertz CT molecular complexity index is 724. The molecular formula is C16H20N6O4. The van der Waals surface area contributed by atoms with Gasteiger partial charge in [0.1, 0.15) is 12.1 Å². The molecule has 0 radical (unpaired) electrons. The molecule has 26 heavy (non-hydrogen) atoms. The zero-order chi connectivity index (χ0) is 18.2. The SMILES string of the molecule is O=[N+]([O-])c1c(NCCCN2CCOCC2)ncnc1Oc1cccnc1. The van der Waals surface area contributed by atoms with Crippen molar-refractivity contribution in [3.8, 4) is 11.6 Å². The van der Waals surface area contributed by atoms with Crippen LogP contribution in [0.15, 0.2) is 30.9 Å². The largest absolute Gasteiger partial charge is 0.432 e. The van der Waals surface area contributed by atoms with E-state index in [1.807, 2.05) is 0 Å². The summed E-state index contributed by atoms with van der Waals surface area (Å²) in [6.07, 6.45) is 5.12. The van der Waals surface area contributed by atoms with Crippen molar-refractivity contribution in [2.45, 2.75) is 6.42 Å². The van der Waals surface area contributed by atoms with Gasteiger partial charge < -0.3 is 14.8 Å². The lowest BCUT2D eigenvalue weighted by Crippen LogP contribution is -2.37. The second kappa shape index (κ2) is 9.02. The lowest BCUT2D eigenvalue weighted by Gasteiger charge is -2.26. The Kier molecular flexibility index (Phi) is 6.23. The smallest absolute Gasteiger partial charge is 0.373 e. The maximum absolute atomic E-state index is 11.5. The van der Waals surface area contributed by atoms with Gasteiger partial charge in [-0.1, -0.05) is 0 Å². The number of hydrogen-bond donors (Lipinski definition) is 1. The van der Waals surface area contributed by atoms with Crippen molar-refractivity contribution in [3.63, 3.8) is 0 Å². The maximum Gasteiger partial charge on any atom is 0.373 e. The van der Waals surface area contributed by atoms with Crippen LogP contribution < -0.4 is 10.1 Å². The highest BCUT2D eigenvalue weighted by Gasteiger charge is 2.25. The van der Waals surface area contributed by atoms with E-state index in [-0.39, 0.29) is 17.4 Å². The molecule has 10 heteroatoms. The summed E-state index contributed by atoms with van der Waals surface area (Å²) in [7, 11) is 0. The van der Waals surface area contributed by atoms with Gasteiger partial charge in [0.05, 0.1) is 24.3 Å². The second-order valence-electron chi connectivity index (χ2n) is 5.66. The lowest BCUT2D eigenvalue weighted by atomic mass is 10.3. The third-order valence-corrected chi connectivity index (χ3v) is 3.87. The second-order valence-corrected chi connectivity index (χ2v) is 5.66. The van der Waals surface area contributed by atoms with E-state index in [0.717, 1.165) is 39.3 Å². The molecule has 0 spiro atoms. The van der Waals surface area contributed by atoms with Gasteiger partial charge in [-0.15, -0.1) is 0 Å². The third-order valence-electron chi connectivity index (χ3n) is 3.87. The Morgan fingerprint density at radius 2 is 2.19 bits per heavy atom. The average Bonchev–Trinajstić information content (AvgIpc) is 2.67. The summed E-state index contributed by atoms with van der Waals surface area (Å²) in [5, 5.41) is 14.5. The zero-order valence-electron chi connectivity index (χ0n) is 14.2. The van der Waals surface area contributed by atoms with Crippen LogP contribution in [-0.4, -0.2) is 64.2 Å². The van der Waals surface area contributed by atoms with Gasteiger partial charge in [0.2, 0.25) is 5.82 Å². The van der Waals surface area contributed by atoms with E-state index in [1.54, 1.807) is 18.3 Å². The summed E-state index contributed by atoms with van der Waals surface area (Å²) in [6, 6.07) is 3.32. The van der Waals surface area contributed by atoms with Gasteiger partial charge in [-0.3, -0.25) is 20.0 Å². The van der Waals surface area contributed by atoms with Crippen molar-refractivity contribution in [2.75, 3.05) is 44.7 Å². The molecule has 2 aromatic heterocycles. The fraction of sp³-hybridized carbons (Fsp3) is 0.438. The van der Waals surface area contributed by atoms with Crippen LogP contribution in [0, 0.1) is 10.1 Å². The minimum Gasteiger partial charge on any atom is -0.432 e. The molecule has 0 amide bonds. The van der Waals surface area contributed by atoms with Crippen molar-refractivity contribution in [1.82, 2.24) is 19.9 Å². The Balaban J connectivity index is 1.62. The van der Waals surface area contributed by atoms with E-state index < -0.39 is 4.92 Å². The highest BCUT2D eigenvalue weighted by atomic mass is 16.6. The summed E-state index contributed by atoms with van der Waals surface area (Å²) in [5.41, 5.74) is -0.289. The first-order valence-corrected chi connectivity index (χ1v) is 8.35. The molecule has 0 aliphatic carbocycles. The number of nitro groups is 1. The van der Waals surface area contributed by atoms with E-state index in [1.165, 1.54) is 12.5 Å². The van der Waals surface area contributed by atoms with Crippen molar-refractivity contribution in [1.29, 1.82) is 0 Å². The van der Waals surface area contributed by atoms with Crippen molar-refractivity contribution < 1.29 is 14.4 Å². The van der Waals surface area contributed by atoms with Gasteiger partial charge in [-0.25, -0.2) is 4.98 Å². The van der Waals surface area contributed by atoms with Gasteiger partial charge in [0, 0.05) is 25.8 Å². The van der Waals surface area contributed by atoms with Crippen LogP contribution in [0.4, 0.5) is 11.5 Å². The Hall–Kier alpha value is -2.85. The van der Waals surface area contributed by atoms with Crippen LogP contribution in [0.2, 0.25) is 0 Å². The lowest BCUT2D eigenvalue weighted by molar-refractivity contribution is -0.385. The molecule has 10 nitrogen and oxygen atoms in total. The average molecular weight is 360 g/mol. The molecule has 2 aromatic rings. The van der Waals surface area contributed by atoms with E-state index in [2.05, 4.69) is 25.2 Å². The summed E-state index contributed by atoms with van der Waals surface area (Å²) >= 11 is 0. The van der Waals surface area contributed by atoms with Crippen LogP contribution in [0.1, 0.15) is 6.42 Å². The molecule has 1 aliphatic rings. The standard InChI is InChI=1S/C16H20N6O4/c23-22(24)14-15(18-5-2-6-21-7-9-25-10-8-21)19-12-20-16(14)26-13-3-1-4-17-11-13/h1,3-4,11-12H,2,5-10H2,(H,18,19,20). The van der Waals surface area contributed by atoms with Crippen LogP contribution in [0.5, 0.6) is 11.6 Å². The molecule has 1 fully saturated rings. The van der Waals surface area contributed by atoms with E-state index >= 15 is 0 Å². The first-order chi connectivity index (χ1) is 12.7.